The third-order valence-electron chi connectivity index (χ3n) is 4.44. The lowest BCUT2D eigenvalue weighted by Crippen LogP contribution is -2.48. The molecular formula is C17H40N2Si2. The highest BCUT2D eigenvalue weighted by atomic mass is 28.3. The molecule has 0 aliphatic carbocycles. The molecule has 21 heavy (non-hydrogen) atoms. The lowest BCUT2D eigenvalue weighted by molar-refractivity contribution is 0.690. The van der Waals surface area contributed by atoms with Gasteiger partial charge in [0.2, 0.25) is 0 Å². The minimum atomic E-state index is -1.64. The van der Waals surface area contributed by atoms with Crippen LogP contribution in [0.3, 0.4) is 0 Å². The molecule has 4 heteroatoms. The van der Waals surface area contributed by atoms with E-state index in [9.17, 15) is 0 Å². The van der Waals surface area contributed by atoms with Crippen LogP contribution in [0.2, 0.25) is 36.3 Å². The molecule has 0 saturated heterocycles. The lowest BCUT2D eigenvalue weighted by Gasteiger charge is -2.39. The van der Waals surface area contributed by atoms with Crippen molar-refractivity contribution in [1.29, 1.82) is 0 Å². The summed E-state index contributed by atoms with van der Waals surface area (Å²) in [6.07, 6.45) is 1.09. The molecule has 0 aromatic heterocycles. The van der Waals surface area contributed by atoms with Crippen molar-refractivity contribution in [2.45, 2.75) is 104 Å². The second-order valence-corrected chi connectivity index (χ2v) is 18.9. The Bertz CT molecular complexity index is 319. The van der Waals surface area contributed by atoms with Crippen LogP contribution in [-0.2, 0) is 0 Å². The lowest BCUT2D eigenvalue weighted by atomic mass is 10.2. The second-order valence-electron chi connectivity index (χ2n) is 8.70. The first-order valence-corrected chi connectivity index (χ1v) is 14.3. The maximum atomic E-state index is 5.41. The van der Waals surface area contributed by atoms with Crippen molar-refractivity contribution in [1.82, 2.24) is 4.98 Å². The molecule has 1 N–H and O–H groups in total. The molecule has 0 radical (unpaired) electrons. The average Bonchev–Trinajstić information content (AvgIpc) is 2.20. The summed E-state index contributed by atoms with van der Waals surface area (Å²) in [7, 11) is -2.85. The van der Waals surface area contributed by atoms with Gasteiger partial charge in [-0.15, -0.1) is 0 Å². The standard InChI is InChI=1S/C17H40N2Si2/c1-13(2)21(14(3)4,15(5)6)19-17(8)12-16(7)18-20(9,10)11/h13-16,18H,12H2,1-11H3. The smallest absolute Gasteiger partial charge is 0.188 e. The van der Waals surface area contributed by atoms with Crippen molar-refractivity contribution < 1.29 is 0 Å². The van der Waals surface area contributed by atoms with Gasteiger partial charge < -0.3 is 9.64 Å². The number of nitrogens with zero attached hydrogens (tertiary/aromatic N) is 1. The Balaban J connectivity index is 5.22. The summed E-state index contributed by atoms with van der Waals surface area (Å²) in [6, 6.07) is 0.540. The molecule has 0 rings (SSSR count). The quantitative estimate of drug-likeness (QED) is 0.440. The van der Waals surface area contributed by atoms with Crippen molar-refractivity contribution in [2.75, 3.05) is 0 Å². The van der Waals surface area contributed by atoms with Gasteiger partial charge in [0.1, 0.15) is 8.24 Å². The van der Waals surface area contributed by atoms with E-state index in [4.69, 9.17) is 4.66 Å². The van der Waals surface area contributed by atoms with E-state index in [-0.39, 0.29) is 0 Å². The van der Waals surface area contributed by atoms with E-state index in [2.05, 4.69) is 80.0 Å². The topological polar surface area (TPSA) is 24.4 Å². The molecule has 0 amide bonds. The van der Waals surface area contributed by atoms with Gasteiger partial charge in [-0.2, -0.15) is 0 Å². The van der Waals surface area contributed by atoms with Crippen molar-refractivity contribution in [3.63, 3.8) is 0 Å². The van der Waals surface area contributed by atoms with E-state index in [1.807, 2.05) is 0 Å². The van der Waals surface area contributed by atoms with Gasteiger partial charge in [0, 0.05) is 6.04 Å². The van der Waals surface area contributed by atoms with Gasteiger partial charge in [-0.1, -0.05) is 68.1 Å². The third-order valence-corrected chi connectivity index (χ3v) is 12.1. The van der Waals surface area contributed by atoms with E-state index in [0.29, 0.717) is 22.7 Å². The number of hydrogen-bond donors (Lipinski definition) is 1. The summed E-state index contributed by atoms with van der Waals surface area (Å²) in [5.74, 6) is 0. The average molecular weight is 329 g/mol. The van der Waals surface area contributed by atoms with E-state index in [0.717, 1.165) is 6.42 Å². The highest BCUT2D eigenvalue weighted by Gasteiger charge is 2.43. The summed E-state index contributed by atoms with van der Waals surface area (Å²) in [4.78, 5) is 3.80. The number of nitrogens with one attached hydrogen (secondary N) is 1. The normalized spacial score (nSPS) is 16.2. The Morgan fingerprint density at radius 3 is 1.52 bits per heavy atom. The van der Waals surface area contributed by atoms with Crippen molar-refractivity contribution in [2.24, 2.45) is 4.66 Å². The monoisotopic (exact) mass is 328 g/mol. The first-order valence-electron chi connectivity index (χ1n) is 8.66. The predicted octanol–water partition coefficient (Wildman–Crippen LogP) is 5.83. The van der Waals surface area contributed by atoms with Gasteiger partial charge >= 0.3 is 0 Å². The molecule has 0 heterocycles. The van der Waals surface area contributed by atoms with E-state index in [1.54, 1.807) is 0 Å². The summed E-state index contributed by atoms with van der Waals surface area (Å²) >= 11 is 0. The van der Waals surface area contributed by atoms with Crippen molar-refractivity contribution >= 4 is 22.2 Å². The maximum absolute atomic E-state index is 5.41. The first kappa shape index (κ1) is 21.1. The second kappa shape index (κ2) is 8.07. The Labute approximate surface area is 136 Å². The largest absolute Gasteiger partial charge is 0.335 e. The highest BCUT2D eigenvalue weighted by molar-refractivity contribution is 6.82. The zero-order valence-electron chi connectivity index (χ0n) is 16.5. The van der Waals surface area contributed by atoms with Crippen LogP contribution in [0, 0.1) is 0 Å². The molecule has 0 aliphatic heterocycles. The molecule has 1 unspecified atom stereocenters. The van der Waals surface area contributed by atoms with E-state index < -0.39 is 16.5 Å². The Morgan fingerprint density at radius 2 is 1.24 bits per heavy atom. The van der Waals surface area contributed by atoms with Crippen LogP contribution in [-0.4, -0.2) is 28.2 Å². The van der Waals surface area contributed by atoms with E-state index in [1.165, 1.54) is 5.71 Å². The molecule has 0 aromatic carbocycles. The maximum Gasteiger partial charge on any atom is 0.188 e. The molecule has 0 saturated carbocycles. The highest BCUT2D eigenvalue weighted by Crippen LogP contribution is 2.42. The Morgan fingerprint density at radius 1 is 0.857 bits per heavy atom. The minimum absolute atomic E-state index is 0.540. The first-order chi connectivity index (χ1) is 9.32. The molecule has 0 spiro atoms. The SMILES string of the molecule is CC(CC(C)N[Si](C)(C)C)=N[Si](C(C)C)(C(C)C)C(C)C. The molecule has 126 valence electrons. The fourth-order valence-corrected chi connectivity index (χ4v) is 11.1. The molecular weight excluding hydrogens is 288 g/mol. The van der Waals surface area contributed by atoms with Crippen LogP contribution >= 0.6 is 0 Å². The summed E-state index contributed by atoms with van der Waals surface area (Å²) in [5.41, 5.74) is 3.46. The van der Waals surface area contributed by atoms with Crippen LogP contribution in [0.25, 0.3) is 0 Å². The Kier molecular flexibility index (Phi) is 8.09. The predicted molar refractivity (Wildman–Crippen MR) is 105 cm³/mol. The molecule has 0 aliphatic rings. The Hall–Kier alpha value is 0.0638. The van der Waals surface area contributed by atoms with Crippen LogP contribution in [0.1, 0.15) is 61.8 Å². The van der Waals surface area contributed by atoms with Crippen molar-refractivity contribution in [3.05, 3.63) is 0 Å². The van der Waals surface area contributed by atoms with Crippen LogP contribution in [0.15, 0.2) is 4.66 Å². The zero-order valence-corrected chi connectivity index (χ0v) is 18.5. The summed E-state index contributed by atoms with van der Waals surface area (Å²) < 4.78 is 5.41. The number of hydrogen-bond acceptors (Lipinski definition) is 2. The van der Waals surface area contributed by atoms with Gasteiger partial charge in [-0.05, 0) is 35.7 Å². The third kappa shape index (κ3) is 6.37. The summed E-state index contributed by atoms with van der Waals surface area (Å²) in [6.45, 7) is 25.9. The van der Waals surface area contributed by atoms with Gasteiger partial charge in [0.05, 0.1) is 0 Å². The summed E-state index contributed by atoms with van der Waals surface area (Å²) in [5, 5.41) is 0. The molecule has 0 bridgehead atoms. The molecule has 0 aromatic rings. The number of rotatable bonds is 8. The molecule has 1 atom stereocenters. The zero-order chi connectivity index (χ0) is 17.0. The fraction of sp³-hybridized carbons (Fsp3) is 0.941. The van der Waals surface area contributed by atoms with Crippen LogP contribution in [0.5, 0.6) is 0 Å². The molecule has 2 nitrogen and oxygen atoms in total. The van der Waals surface area contributed by atoms with Gasteiger partial charge in [-0.3, -0.25) is 0 Å². The van der Waals surface area contributed by atoms with Gasteiger partial charge in [0.15, 0.2) is 8.24 Å². The fourth-order valence-electron chi connectivity index (χ4n) is 4.00. The van der Waals surface area contributed by atoms with Crippen LogP contribution < -0.4 is 4.98 Å². The minimum Gasteiger partial charge on any atom is -0.335 e. The molecule has 0 fully saturated rings. The van der Waals surface area contributed by atoms with Crippen LogP contribution in [0.4, 0.5) is 0 Å². The van der Waals surface area contributed by atoms with Crippen molar-refractivity contribution in [3.8, 4) is 0 Å². The van der Waals surface area contributed by atoms with E-state index >= 15 is 0 Å². The van der Waals surface area contributed by atoms with Gasteiger partial charge in [-0.25, -0.2) is 0 Å². The van der Waals surface area contributed by atoms with Gasteiger partial charge in [0.25, 0.3) is 0 Å².